The van der Waals surface area contributed by atoms with Gasteiger partial charge in [-0.25, -0.2) is 9.78 Å². The third kappa shape index (κ3) is 5.96. The molecule has 176 valence electrons. The highest BCUT2D eigenvalue weighted by Gasteiger charge is 2.27. The highest BCUT2D eigenvalue weighted by Crippen LogP contribution is 2.33. The summed E-state index contributed by atoms with van der Waals surface area (Å²) in [6, 6.07) is 9.84. The van der Waals surface area contributed by atoms with Gasteiger partial charge in [-0.2, -0.15) is 0 Å². The number of halogens is 1. The second-order valence-corrected chi connectivity index (χ2v) is 9.14. The molecule has 1 aromatic carbocycles. The molecule has 0 saturated heterocycles. The number of nitrogens with zero attached hydrogens (tertiary/aromatic N) is 2. The minimum absolute atomic E-state index is 0.00575. The number of ether oxygens (including phenoxy) is 1. The monoisotopic (exact) mass is 470 g/mol. The first kappa shape index (κ1) is 23.4. The van der Waals surface area contributed by atoms with Gasteiger partial charge < -0.3 is 20.3 Å². The van der Waals surface area contributed by atoms with Gasteiger partial charge in [0.15, 0.2) is 0 Å². The molecule has 0 aliphatic carbocycles. The molecule has 1 unspecified atom stereocenters. The van der Waals surface area contributed by atoms with Crippen molar-refractivity contribution in [1.82, 2.24) is 15.2 Å². The summed E-state index contributed by atoms with van der Waals surface area (Å²) >= 11 is 6.22. The Morgan fingerprint density at radius 3 is 3.00 bits per heavy atom. The topological polar surface area (TPSA) is 83.6 Å². The summed E-state index contributed by atoms with van der Waals surface area (Å²) in [6.07, 6.45) is 4.85. The third-order valence-corrected chi connectivity index (χ3v) is 6.65. The van der Waals surface area contributed by atoms with E-state index in [1.807, 2.05) is 18.2 Å². The average Bonchev–Trinajstić information content (AvgIpc) is 3.00. The molecular formula is C25H31ClN4O3. The van der Waals surface area contributed by atoms with Gasteiger partial charge in [0.25, 0.3) is 0 Å². The minimum atomic E-state index is -0.246. The van der Waals surface area contributed by atoms with E-state index in [2.05, 4.69) is 22.8 Å². The predicted octanol–water partition coefficient (Wildman–Crippen LogP) is 4.29. The van der Waals surface area contributed by atoms with Crippen LogP contribution < -0.4 is 10.6 Å². The van der Waals surface area contributed by atoms with Crippen LogP contribution in [0.3, 0.4) is 0 Å². The largest absolute Gasteiger partial charge is 0.469 e. The maximum Gasteiger partial charge on any atom is 0.317 e. The zero-order valence-electron chi connectivity index (χ0n) is 19.0. The first-order valence-corrected chi connectivity index (χ1v) is 12.0. The summed E-state index contributed by atoms with van der Waals surface area (Å²) in [5, 5.41) is 7.03. The van der Waals surface area contributed by atoms with Crippen molar-refractivity contribution in [3.05, 3.63) is 57.7 Å². The summed E-state index contributed by atoms with van der Waals surface area (Å²) in [5.41, 5.74) is 4.37. The van der Waals surface area contributed by atoms with Gasteiger partial charge in [-0.05, 0) is 72.9 Å². The highest BCUT2D eigenvalue weighted by atomic mass is 35.5. The second kappa shape index (κ2) is 10.9. The fraction of sp³-hybridized carbons (Fsp3) is 0.480. The zero-order chi connectivity index (χ0) is 23.2. The molecule has 2 N–H and O–H groups in total. The molecule has 1 atom stereocenters. The molecule has 33 heavy (non-hydrogen) atoms. The van der Waals surface area contributed by atoms with Crippen molar-refractivity contribution >= 4 is 29.4 Å². The van der Waals surface area contributed by atoms with Crippen LogP contribution in [0, 0.1) is 0 Å². The van der Waals surface area contributed by atoms with Gasteiger partial charge in [-0.1, -0.05) is 23.7 Å². The first-order valence-electron chi connectivity index (χ1n) is 11.6. The summed E-state index contributed by atoms with van der Waals surface area (Å²) < 4.78 is 4.87. The fourth-order valence-corrected chi connectivity index (χ4v) is 4.81. The van der Waals surface area contributed by atoms with E-state index in [1.54, 1.807) is 4.90 Å². The number of hydrogen-bond acceptors (Lipinski definition) is 5. The Labute approximate surface area is 199 Å². The molecule has 4 rings (SSSR count). The molecule has 0 radical (unpaired) electrons. The molecule has 2 aliphatic heterocycles. The SMILES string of the molecule is COC(=O)CC1CCN(C(=O)NCCCc2ccc3c(n2)NCCC3)Cc2cc(Cl)ccc21. The Bertz CT molecular complexity index is 1010. The molecule has 2 aliphatic rings. The molecule has 0 bridgehead atoms. The van der Waals surface area contributed by atoms with Gasteiger partial charge in [0.1, 0.15) is 5.82 Å². The van der Waals surface area contributed by atoms with Crippen molar-refractivity contribution in [3.8, 4) is 0 Å². The Morgan fingerprint density at radius 2 is 2.15 bits per heavy atom. The van der Waals surface area contributed by atoms with Crippen molar-refractivity contribution in [2.45, 2.75) is 51.0 Å². The Balaban J connectivity index is 1.32. The number of esters is 1. The first-order chi connectivity index (χ1) is 16.0. The van der Waals surface area contributed by atoms with E-state index in [9.17, 15) is 9.59 Å². The summed E-state index contributed by atoms with van der Waals surface area (Å²) in [4.78, 5) is 31.3. The quantitative estimate of drug-likeness (QED) is 0.486. The summed E-state index contributed by atoms with van der Waals surface area (Å²) in [5.74, 6) is 0.766. The minimum Gasteiger partial charge on any atom is -0.469 e. The fourth-order valence-electron chi connectivity index (χ4n) is 4.62. The van der Waals surface area contributed by atoms with Gasteiger partial charge in [-0.15, -0.1) is 0 Å². The number of aryl methyl sites for hydroxylation is 2. The lowest BCUT2D eigenvalue weighted by Crippen LogP contribution is -2.40. The van der Waals surface area contributed by atoms with Crippen molar-refractivity contribution in [2.75, 3.05) is 32.1 Å². The third-order valence-electron chi connectivity index (χ3n) is 6.42. The van der Waals surface area contributed by atoms with Crippen molar-refractivity contribution in [1.29, 1.82) is 0 Å². The number of carbonyl (C=O) groups is 2. The Hall–Kier alpha value is -2.80. The van der Waals surface area contributed by atoms with Crippen LogP contribution in [0.25, 0.3) is 0 Å². The summed E-state index contributed by atoms with van der Waals surface area (Å²) in [6.45, 7) is 2.59. The van der Waals surface area contributed by atoms with Crippen LogP contribution >= 0.6 is 11.6 Å². The normalized spacial score (nSPS) is 17.3. The number of rotatable bonds is 6. The number of nitrogens with one attached hydrogen (secondary N) is 2. The van der Waals surface area contributed by atoms with E-state index < -0.39 is 0 Å². The standard InChI is InChI=1S/C25H31ClN4O3/c1-33-23(31)15-18-10-13-30(16-19-14-20(26)7-9-22(18)19)25(32)28-12-3-5-21-8-6-17-4-2-11-27-24(17)29-21/h6-9,14,18H,2-5,10-13,15-16H2,1H3,(H,27,29)(H,28,32). The number of amides is 2. The highest BCUT2D eigenvalue weighted by molar-refractivity contribution is 6.30. The van der Waals surface area contributed by atoms with Gasteiger partial charge in [0.05, 0.1) is 13.5 Å². The number of aromatic nitrogens is 1. The van der Waals surface area contributed by atoms with Gasteiger partial charge >= 0.3 is 12.0 Å². The van der Waals surface area contributed by atoms with E-state index >= 15 is 0 Å². The number of pyridine rings is 1. The van der Waals surface area contributed by atoms with Crippen LogP contribution in [0.4, 0.5) is 10.6 Å². The van der Waals surface area contributed by atoms with E-state index in [1.165, 1.54) is 12.7 Å². The lowest BCUT2D eigenvalue weighted by molar-refractivity contribution is -0.141. The molecule has 1 aromatic heterocycles. The van der Waals surface area contributed by atoms with Crippen LogP contribution in [0.15, 0.2) is 30.3 Å². The van der Waals surface area contributed by atoms with Crippen molar-refractivity contribution < 1.29 is 14.3 Å². The van der Waals surface area contributed by atoms with Gasteiger partial charge in [0.2, 0.25) is 0 Å². The Kier molecular flexibility index (Phi) is 7.70. The van der Waals surface area contributed by atoms with Crippen LogP contribution in [-0.2, 0) is 28.9 Å². The maximum atomic E-state index is 12.9. The van der Waals surface area contributed by atoms with Gasteiger partial charge in [-0.3, -0.25) is 4.79 Å². The number of urea groups is 1. The lowest BCUT2D eigenvalue weighted by Gasteiger charge is -2.21. The molecule has 0 spiro atoms. The molecule has 8 heteroatoms. The number of hydrogen-bond donors (Lipinski definition) is 2. The summed E-state index contributed by atoms with van der Waals surface area (Å²) in [7, 11) is 1.40. The molecule has 2 amide bonds. The second-order valence-electron chi connectivity index (χ2n) is 8.71. The number of carbonyl (C=O) groups excluding carboxylic acids is 2. The number of methoxy groups -OCH3 is 1. The number of fused-ring (bicyclic) bond motifs is 2. The number of anilines is 1. The maximum absolute atomic E-state index is 12.9. The van der Waals surface area contributed by atoms with Crippen molar-refractivity contribution in [3.63, 3.8) is 0 Å². The van der Waals surface area contributed by atoms with Gasteiger partial charge in [0, 0.05) is 36.9 Å². The molecular weight excluding hydrogens is 440 g/mol. The molecule has 7 nitrogen and oxygen atoms in total. The smallest absolute Gasteiger partial charge is 0.317 e. The van der Waals surface area contributed by atoms with E-state index in [4.69, 9.17) is 21.3 Å². The van der Waals surface area contributed by atoms with Crippen LogP contribution in [-0.4, -0.2) is 48.6 Å². The Morgan fingerprint density at radius 1 is 1.27 bits per heavy atom. The lowest BCUT2D eigenvalue weighted by atomic mass is 9.90. The number of benzene rings is 1. The predicted molar refractivity (Wildman–Crippen MR) is 129 cm³/mol. The molecule has 0 fully saturated rings. The van der Waals surface area contributed by atoms with Crippen LogP contribution in [0.5, 0.6) is 0 Å². The van der Waals surface area contributed by atoms with E-state index in [0.717, 1.165) is 54.9 Å². The zero-order valence-corrected chi connectivity index (χ0v) is 19.8. The molecule has 0 saturated carbocycles. The van der Waals surface area contributed by atoms with Crippen LogP contribution in [0.2, 0.25) is 5.02 Å². The van der Waals surface area contributed by atoms with Crippen molar-refractivity contribution in [2.24, 2.45) is 0 Å². The molecule has 3 heterocycles. The van der Waals surface area contributed by atoms with Crippen LogP contribution in [0.1, 0.15) is 54.0 Å². The van der Waals surface area contributed by atoms with E-state index in [-0.39, 0.29) is 17.9 Å². The van der Waals surface area contributed by atoms with E-state index in [0.29, 0.717) is 37.5 Å². The average molecular weight is 471 g/mol. The molecule has 2 aromatic rings.